The first-order chi connectivity index (χ1) is 9.20. The predicted octanol–water partition coefficient (Wildman–Crippen LogP) is 3.99. The van der Waals surface area contributed by atoms with E-state index >= 15 is 0 Å². The average Bonchev–Trinajstić information content (AvgIpc) is 2.44. The number of benzene rings is 2. The Balaban J connectivity index is 2.05. The molecule has 0 spiro atoms. The summed E-state index contributed by atoms with van der Waals surface area (Å²) >= 11 is 3.42. The third-order valence-corrected chi connectivity index (χ3v) is 3.68. The summed E-state index contributed by atoms with van der Waals surface area (Å²) in [6.07, 6.45) is 1.07. The van der Waals surface area contributed by atoms with Gasteiger partial charge in [0.15, 0.2) is 0 Å². The highest BCUT2D eigenvalue weighted by atomic mass is 79.9. The Morgan fingerprint density at radius 3 is 2.68 bits per heavy atom. The summed E-state index contributed by atoms with van der Waals surface area (Å²) in [4.78, 5) is 12.1. The number of hydrogen-bond acceptors (Lipinski definition) is 1. The fourth-order valence-electron chi connectivity index (χ4n) is 1.99. The predicted molar refractivity (Wildman–Crippen MR) is 83.9 cm³/mol. The molecule has 1 unspecified atom stereocenters. The summed E-state index contributed by atoms with van der Waals surface area (Å²) < 4.78 is 0. The zero-order valence-corrected chi connectivity index (χ0v) is 12.6. The van der Waals surface area contributed by atoms with Crippen LogP contribution in [0.5, 0.6) is 0 Å². The number of alkyl halides is 1. The lowest BCUT2D eigenvalue weighted by atomic mass is 10.1. The maximum atomic E-state index is 12.1. The Hall–Kier alpha value is -1.35. The molecule has 1 N–H and O–H groups in total. The van der Waals surface area contributed by atoms with Crippen molar-refractivity contribution < 1.29 is 4.79 Å². The molecule has 0 bridgehead atoms. The van der Waals surface area contributed by atoms with Crippen molar-refractivity contribution in [2.24, 2.45) is 5.92 Å². The summed E-state index contributed by atoms with van der Waals surface area (Å²) in [5, 5.41) is 6.22. The number of amides is 1. The van der Waals surface area contributed by atoms with Gasteiger partial charge in [-0.05, 0) is 35.2 Å². The number of halogens is 1. The molecule has 0 saturated carbocycles. The molecule has 1 atom stereocenters. The van der Waals surface area contributed by atoms with Crippen LogP contribution < -0.4 is 5.32 Å². The first kappa shape index (κ1) is 14.1. The lowest BCUT2D eigenvalue weighted by Crippen LogP contribution is -2.28. The second kappa shape index (κ2) is 6.71. The van der Waals surface area contributed by atoms with Crippen molar-refractivity contribution in [1.29, 1.82) is 0 Å². The van der Waals surface area contributed by atoms with E-state index < -0.39 is 0 Å². The lowest BCUT2D eigenvalue weighted by molar-refractivity contribution is 0.0948. The standard InChI is InChI=1S/C16H18BrNO/c1-12(8-9-17)11-18-16(19)15-7-6-13-4-2-3-5-14(13)10-15/h2-7,10,12H,8-9,11H2,1H3,(H,18,19). The molecule has 1 amide bonds. The van der Waals surface area contributed by atoms with Crippen LogP contribution in [0.25, 0.3) is 10.8 Å². The van der Waals surface area contributed by atoms with Gasteiger partial charge in [0.1, 0.15) is 0 Å². The molecule has 2 nitrogen and oxygen atoms in total. The van der Waals surface area contributed by atoms with Crippen molar-refractivity contribution in [3.63, 3.8) is 0 Å². The van der Waals surface area contributed by atoms with Crippen molar-refractivity contribution in [3.8, 4) is 0 Å². The Morgan fingerprint density at radius 1 is 1.21 bits per heavy atom. The minimum atomic E-state index is 0.00664. The van der Waals surface area contributed by atoms with Crippen molar-refractivity contribution in [2.45, 2.75) is 13.3 Å². The molecule has 100 valence electrons. The van der Waals surface area contributed by atoms with E-state index in [4.69, 9.17) is 0 Å². The van der Waals surface area contributed by atoms with Crippen molar-refractivity contribution in [3.05, 3.63) is 48.0 Å². The highest BCUT2D eigenvalue weighted by Crippen LogP contribution is 2.15. The summed E-state index contributed by atoms with van der Waals surface area (Å²) in [7, 11) is 0. The highest BCUT2D eigenvalue weighted by Gasteiger charge is 2.08. The molecule has 0 aliphatic rings. The number of hydrogen-bond donors (Lipinski definition) is 1. The first-order valence-corrected chi connectivity index (χ1v) is 7.66. The summed E-state index contributed by atoms with van der Waals surface area (Å²) in [6.45, 7) is 2.86. The van der Waals surface area contributed by atoms with E-state index in [2.05, 4.69) is 34.2 Å². The SMILES string of the molecule is CC(CCBr)CNC(=O)c1ccc2ccccc2c1. The van der Waals surface area contributed by atoms with E-state index in [-0.39, 0.29) is 5.91 Å². The van der Waals surface area contributed by atoms with Gasteiger partial charge in [-0.1, -0.05) is 53.2 Å². The van der Waals surface area contributed by atoms with Gasteiger partial charge in [0.05, 0.1) is 0 Å². The number of carbonyl (C=O) groups is 1. The molecule has 2 aromatic carbocycles. The first-order valence-electron chi connectivity index (χ1n) is 6.53. The largest absolute Gasteiger partial charge is 0.352 e. The van der Waals surface area contributed by atoms with Crippen LogP contribution in [0.15, 0.2) is 42.5 Å². The van der Waals surface area contributed by atoms with Gasteiger partial charge in [0.2, 0.25) is 0 Å². The van der Waals surface area contributed by atoms with Crippen molar-refractivity contribution in [2.75, 3.05) is 11.9 Å². The van der Waals surface area contributed by atoms with Crippen LogP contribution in [-0.2, 0) is 0 Å². The fourth-order valence-corrected chi connectivity index (χ4v) is 2.77. The molecule has 2 aromatic rings. The Morgan fingerprint density at radius 2 is 1.95 bits per heavy atom. The van der Waals surface area contributed by atoms with Gasteiger partial charge in [0.25, 0.3) is 5.91 Å². The number of nitrogens with one attached hydrogen (secondary N) is 1. The zero-order chi connectivity index (χ0) is 13.7. The Labute approximate surface area is 122 Å². The van der Waals surface area contributed by atoms with Crippen LogP contribution >= 0.6 is 15.9 Å². The molecule has 0 fully saturated rings. The average molecular weight is 320 g/mol. The molecular weight excluding hydrogens is 302 g/mol. The van der Waals surface area contributed by atoms with Crippen LogP contribution in [0.1, 0.15) is 23.7 Å². The lowest BCUT2D eigenvalue weighted by Gasteiger charge is -2.11. The van der Waals surface area contributed by atoms with Crippen molar-refractivity contribution in [1.82, 2.24) is 5.32 Å². The van der Waals surface area contributed by atoms with Gasteiger partial charge in [-0.3, -0.25) is 4.79 Å². The molecule has 0 aromatic heterocycles. The van der Waals surface area contributed by atoms with Gasteiger partial charge in [0, 0.05) is 17.4 Å². The van der Waals surface area contributed by atoms with Gasteiger partial charge >= 0.3 is 0 Å². The summed E-state index contributed by atoms with van der Waals surface area (Å²) in [5.74, 6) is 0.496. The van der Waals surface area contributed by atoms with E-state index in [1.165, 1.54) is 0 Å². The summed E-state index contributed by atoms with van der Waals surface area (Å²) in [5.41, 5.74) is 0.727. The molecule has 19 heavy (non-hydrogen) atoms. The van der Waals surface area contributed by atoms with E-state index in [1.54, 1.807) is 0 Å². The van der Waals surface area contributed by atoms with Crippen LogP contribution in [0.2, 0.25) is 0 Å². The molecule has 0 heterocycles. The normalized spacial score (nSPS) is 12.3. The monoisotopic (exact) mass is 319 g/mol. The second-order valence-electron chi connectivity index (χ2n) is 4.85. The van der Waals surface area contributed by atoms with Crippen molar-refractivity contribution >= 4 is 32.6 Å². The van der Waals surface area contributed by atoms with Crippen LogP contribution in [0.3, 0.4) is 0 Å². The smallest absolute Gasteiger partial charge is 0.251 e. The molecule has 0 radical (unpaired) electrons. The van der Waals surface area contributed by atoms with E-state index in [1.807, 2.05) is 36.4 Å². The fraction of sp³-hybridized carbons (Fsp3) is 0.312. The molecule has 3 heteroatoms. The van der Waals surface area contributed by atoms with E-state index in [0.29, 0.717) is 5.92 Å². The van der Waals surface area contributed by atoms with E-state index in [9.17, 15) is 4.79 Å². The molecule has 0 aliphatic heterocycles. The second-order valence-corrected chi connectivity index (χ2v) is 5.65. The van der Waals surface area contributed by atoms with Gasteiger partial charge < -0.3 is 5.32 Å². The maximum Gasteiger partial charge on any atom is 0.251 e. The maximum absolute atomic E-state index is 12.1. The third-order valence-electron chi connectivity index (χ3n) is 3.22. The van der Waals surface area contributed by atoms with E-state index in [0.717, 1.165) is 34.6 Å². The summed E-state index contributed by atoms with van der Waals surface area (Å²) in [6, 6.07) is 13.9. The number of fused-ring (bicyclic) bond motifs is 1. The zero-order valence-electron chi connectivity index (χ0n) is 11.0. The van der Waals surface area contributed by atoms with Crippen LogP contribution in [0.4, 0.5) is 0 Å². The molecule has 0 saturated heterocycles. The highest BCUT2D eigenvalue weighted by molar-refractivity contribution is 9.09. The Kier molecular flexibility index (Phi) is 4.97. The topological polar surface area (TPSA) is 29.1 Å². The minimum absolute atomic E-state index is 0.00664. The molecular formula is C16H18BrNO. The van der Waals surface area contributed by atoms with Crippen LogP contribution in [-0.4, -0.2) is 17.8 Å². The number of carbonyl (C=O) groups excluding carboxylic acids is 1. The van der Waals surface area contributed by atoms with Gasteiger partial charge in [-0.15, -0.1) is 0 Å². The minimum Gasteiger partial charge on any atom is -0.352 e. The molecule has 2 rings (SSSR count). The Bertz CT molecular complexity index is 567. The molecule has 0 aliphatic carbocycles. The van der Waals surface area contributed by atoms with Gasteiger partial charge in [-0.25, -0.2) is 0 Å². The van der Waals surface area contributed by atoms with Gasteiger partial charge in [-0.2, -0.15) is 0 Å². The third kappa shape index (κ3) is 3.80. The quantitative estimate of drug-likeness (QED) is 0.829. The van der Waals surface area contributed by atoms with Crippen LogP contribution in [0, 0.1) is 5.92 Å². The number of rotatable bonds is 5.